The van der Waals surface area contributed by atoms with Crippen molar-refractivity contribution in [1.29, 1.82) is 0 Å². The van der Waals surface area contributed by atoms with Crippen molar-refractivity contribution in [2.45, 2.75) is 13.8 Å². The van der Waals surface area contributed by atoms with Gasteiger partial charge in [0.2, 0.25) is 5.43 Å². The van der Waals surface area contributed by atoms with Crippen molar-refractivity contribution in [2.75, 3.05) is 19.1 Å². The Kier molecular flexibility index (Phi) is 3.97. The zero-order valence-corrected chi connectivity index (χ0v) is 14.2. The predicted molar refractivity (Wildman–Crippen MR) is 97.3 cm³/mol. The minimum absolute atomic E-state index is 0.410. The van der Waals surface area contributed by atoms with Crippen molar-refractivity contribution >= 4 is 11.4 Å². The van der Waals surface area contributed by atoms with Gasteiger partial charge in [0, 0.05) is 7.05 Å². The second-order valence-corrected chi connectivity index (χ2v) is 5.91. The van der Waals surface area contributed by atoms with Crippen molar-refractivity contribution < 1.29 is 4.74 Å². The molecule has 0 bridgehead atoms. The molecule has 0 unspecified atom stereocenters. The molecule has 0 saturated carbocycles. The molecule has 0 fully saturated rings. The van der Waals surface area contributed by atoms with E-state index in [2.05, 4.69) is 0 Å². The van der Waals surface area contributed by atoms with Gasteiger partial charge in [-0.25, -0.2) is 0 Å². The number of anilines is 2. The largest absolute Gasteiger partial charge is 0.495 e. The summed E-state index contributed by atoms with van der Waals surface area (Å²) < 4.78 is 5.36. The summed E-state index contributed by atoms with van der Waals surface area (Å²) in [5.41, 5.74) is 3.75. The first-order valence-electron chi connectivity index (χ1n) is 7.73. The van der Waals surface area contributed by atoms with Crippen molar-refractivity contribution in [3.05, 3.63) is 74.0 Å². The highest BCUT2D eigenvalue weighted by atomic mass is 16.5. The Bertz CT molecular complexity index is 981. The third-order valence-electron chi connectivity index (χ3n) is 4.46. The van der Waals surface area contributed by atoms with Gasteiger partial charge in [0.25, 0.3) is 5.43 Å². The van der Waals surface area contributed by atoms with Crippen LogP contribution < -0.4 is 20.5 Å². The molecule has 0 N–H and O–H groups in total. The number of aryl methyl sites for hydroxylation is 2. The summed E-state index contributed by atoms with van der Waals surface area (Å²) in [5, 5.41) is 0. The van der Waals surface area contributed by atoms with Gasteiger partial charge < -0.3 is 9.64 Å². The van der Waals surface area contributed by atoms with E-state index in [1.807, 2.05) is 56.3 Å². The Labute approximate surface area is 140 Å². The SMILES string of the molecule is COc1ccccc1N(C)c1c(-c2ccc(C)c(C)c2)c(=O)c1=O. The molecular formula is C20H19NO3. The summed E-state index contributed by atoms with van der Waals surface area (Å²) in [6.07, 6.45) is 0. The monoisotopic (exact) mass is 321 g/mol. The molecule has 0 aliphatic rings. The first kappa shape index (κ1) is 16.0. The highest BCUT2D eigenvalue weighted by molar-refractivity contribution is 5.87. The van der Waals surface area contributed by atoms with E-state index in [1.54, 1.807) is 19.1 Å². The molecule has 0 aliphatic heterocycles. The summed E-state index contributed by atoms with van der Waals surface area (Å²) >= 11 is 0. The minimum Gasteiger partial charge on any atom is -0.495 e. The number of nitrogens with zero attached hydrogens (tertiary/aromatic N) is 1. The van der Waals surface area contributed by atoms with Crippen LogP contribution in [0.5, 0.6) is 5.75 Å². The Balaban J connectivity index is 2.13. The van der Waals surface area contributed by atoms with E-state index >= 15 is 0 Å². The van der Waals surface area contributed by atoms with Crippen LogP contribution in [0.4, 0.5) is 11.4 Å². The smallest absolute Gasteiger partial charge is 0.250 e. The predicted octanol–water partition coefficient (Wildman–Crippen LogP) is 3.34. The number of methoxy groups -OCH3 is 1. The van der Waals surface area contributed by atoms with Crippen LogP contribution in [0, 0.1) is 13.8 Å². The van der Waals surface area contributed by atoms with Crippen molar-refractivity contribution in [3.63, 3.8) is 0 Å². The molecular weight excluding hydrogens is 302 g/mol. The van der Waals surface area contributed by atoms with Crippen LogP contribution in [-0.2, 0) is 0 Å². The molecule has 0 spiro atoms. The molecule has 4 heteroatoms. The lowest BCUT2D eigenvalue weighted by Gasteiger charge is -2.25. The van der Waals surface area contributed by atoms with Gasteiger partial charge in [-0.15, -0.1) is 0 Å². The molecule has 3 aromatic carbocycles. The number of ether oxygens (including phenoxy) is 1. The summed E-state index contributed by atoms with van der Waals surface area (Å²) in [6, 6.07) is 13.2. The van der Waals surface area contributed by atoms with Crippen LogP contribution in [0.1, 0.15) is 11.1 Å². The summed E-state index contributed by atoms with van der Waals surface area (Å²) in [4.78, 5) is 26.1. The normalized spacial score (nSPS) is 10.8. The number of benzene rings is 2. The van der Waals surface area contributed by atoms with Gasteiger partial charge in [0.1, 0.15) is 11.4 Å². The first-order valence-corrected chi connectivity index (χ1v) is 7.73. The molecule has 122 valence electrons. The Morgan fingerprint density at radius 2 is 1.62 bits per heavy atom. The van der Waals surface area contributed by atoms with E-state index in [9.17, 15) is 9.59 Å². The standard InChI is InChI=1S/C20H19NO3/c1-12-9-10-14(11-13(12)2)17-18(20(23)19(17)22)21(3)15-7-5-6-8-16(15)24-4/h5-11H,1-4H3. The minimum atomic E-state index is -0.461. The van der Waals surface area contributed by atoms with Crippen LogP contribution in [0.3, 0.4) is 0 Å². The van der Waals surface area contributed by atoms with Crippen LogP contribution in [-0.4, -0.2) is 14.2 Å². The van der Waals surface area contributed by atoms with Crippen molar-refractivity contribution in [1.82, 2.24) is 0 Å². The van der Waals surface area contributed by atoms with Gasteiger partial charge in [-0.05, 0) is 42.7 Å². The molecule has 0 amide bonds. The zero-order valence-electron chi connectivity index (χ0n) is 14.2. The van der Waals surface area contributed by atoms with E-state index in [0.29, 0.717) is 17.0 Å². The summed E-state index contributed by atoms with van der Waals surface area (Å²) in [5.74, 6) is 0.652. The Morgan fingerprint density at radius 3 is 2.29 bits per heavy atom. The van der Waals surface area contributed by atoms with Gasteiger partial charge in [-0.2, -0.15) is 0 Å². The van der Waals surface area contributed by atoms with E-state index < -0.39 is 10.9 Å². The Morgan fingerprint density at radius 1 is 0.917 bits per heavy atom. The fourth-order valence-corrected chi connectivity index (χ4v) is 2.89. The maximum absolute atomic E-state index is 12.2. The van der Waals surface area contributed by atoms with Crippen LogP contribution in [0.15, 0.2) is 52.1 Å². The van der Waals surface area contributed by atoms with Crippen molar-refractivity contribution in [3.8, 4) is 16.9 Å². The maximum Gasteiger partial charge on any atom is 0.250 e. The number of para-hydroxylation sites is 2. The number of hydrogen-bond acceptors (Lipinski definition) is 4. The molecule has 0 aliphatic carbocycles. The summed E-state index contributed by atoms with van der Waals surface area (Å²) in [7, 11) is 3.36. The van der Waals surface area contributed by atoms with Gasteiger partial charge in [0.15, 0.2) is 0 Å². The third kappa shape index (κ3) is 2.40. The van der Waals surface area contributed by atoms with Gasteiger partial charge >= 0.3 is 0 Å². The van der Waals surface area contributed by atoms with Crippen LogP contribution in [0.2, 0.25) is 0 Å². The topological polar surface area (TPSA) is 46.6 Å². The summed E-state index contributed by atoms with van der Waals surface area (Å²) in [6.45, 7) is 4.01. The maximum atomic E-state index is 12.2. The van der Waals surface area contributed by atoms with Crippen LogP contribution >= 0.6 is 0 Å². The fourth-order valence-electron chi connectivity index (χ4n) is 2.89. The van der Waals surface area contributed by atoms with Crippen LogP contribution in [0.25, 0.3) is 11.1 Å². The molecule has 0 aromatic heterocycles. The van der Waals surface area contributed by atoms with E-state index in [4.69, 9.17) is 4.74 Å². The zero-order chi connectivity index (χ0) is 17.4. The lowest BCUT2D eigenvalue weighted by molar-refractivity contribution is 0.415. The molecule has 0 atom stereocenters. The highest BCUT2D eigenvalue weighted by Crippen LogP contribution is 2.35. The molecule has 0 heterocycles. The van der Waals surface area contributed by atoms with E-state index in [1.165, 1.54) is 0 Å². The quantitative estimate of drug-likeness (QED) is 0.692. The number of rotatable bonds is 4. The first-order chi connectivity index (χ1) is 11.5. The lowest BCUT2D eigenvalue weighted by Crippen LogP contribution is -2.39. The fraction of sp³-hybridized carbons (Fsp3) is 0.200. The highest BCUT2D eigenvalue weighted by Gasteiger charge is 2.27. The average molecular weight is 321 g/mol. The molecule has 3 rings (SSSR count). The van der Waals surface area contributed by atoms with E-state index in [-0.39, 0.29) is 0 Å². The molecule has 4 nitrogen and oxygen atoms in total. The third-order valence-corrected chi connectivity index (χ3v) is 4.46. The molecule has 24 heavy (non-hydrogen) atoms. The second-order valence-electron chi connectivity index (χ2n) is 5.91. The van der Waals surface area contributed by atoms with Gasteiger partial charge in [-0.3, -0.25) is 9.59 Å². The average Bonchev–Trinajstić information content (AvgIpc) is 2.60. The number of hydrogen-bond donors (Lipinski definition) is 0. The van der Waals surface area contributed by atoms with Gasteiger partial charge in [-0.1, -0.05) is 30.3 Å². The van der Waals surface area contributed by atoms with E-state index in [0.717, 1.165) is 22.4 Å². The molecule has 3 aromatic rings. The van der Waals surface area contributed by atoms with Crippen molar-refractivity contribution in [2.24, 2.45) is 0 Å². The second kappa shape index (κ2) is 5.96. The Hall–Kier alpha value is -2.88. The lowest BCUT2D eigenvalue weighted by atomic mass is 9.94. The van der Waals surface area contributed by atoms with Gasteiger partial charge in [0.05, 0.1) is 18.4 Å². The molecule has 0 radical (unpaired) electrons. The molecule has 0 saturated heterocycles.